The van der Waals surface area contributed by atoms with E-state index < -0.39 is 5.54 Å². The molecule has 40 heavy (non-hydrogen) atoms. The van der Waals surface area contributed by atoms with Crippen molar-refractivity contribution in [3.05, 3.63) is 29.8 Å². The number of hydrogen-bond donors (Lipinski definition) is 1. The Morgan fingerprint density at radius 3 is 2.27 bits per heavy atom. The van der Waals surface area contributed by atoms with Gasteiger partial charge in [-0.3, -0.25) is 9.59 Å². The van der Waals surface area contributed by atoms with Gasteiger partial charge in [0.05, 0.1) is 5.41 Å². The van der Waals surface area contributed by atoms with Crippen molar-refractivity contribution in [2.75, 3.05) is 5.32 Å². The van der Waals surface area contributed by atoms with Crippen LogP contribution in [0.1, 0.15) is 117 Å². The van der Waals surface area contributed by atoms with Crippen LogP contribution in [-0.4, -0.2) is 23.4 Å². The highest BCUT2D eigenvalue weighted by atomic mass is 16.6. The first-order valence-electron chi connectivity index (χ1n) is 16.3. The highest BCUT2D eigenvalue weighted by Gasteiger charge is 2.78. The number of rotatable bonds is 0. The molecule has 0 aromatic heterocycles. The average molecular weight is 544 g/mol. The van der Waals surface area contributed by atoms with Crippen LogP contribution in [0.25, 0.3) is 0 Å². The zero-order valence-corrected chi connectivity index (χ0v) is 25.8. The van der Waals surface area contributed by atoms with E-state index in [2.05, 4.69) is 65.9 Å². The Morgan fingerprint density at radius 2 is 1.52 bits per heavy atom. The minimum absolute atomic E-state index is 0.0609. The summed E-state index contributed by atoms with van der Waals surface area (Å²) in [6, 6.07) is 8.19. The molecule has 2 bridgehead atoms. The number of ether oxygens (including phenoxy) is 1. The van der Waals surface area contributed by atoms with E-state index in [0.29, 0.717) is 29.5 Å². The molecular formula is C36H49NO3. The minimum Gasteiger partial charge on any atom is -0.461 e. The van der Waals surface area contributed by atoms with Gasteiger partial charge in [0, 0.05) is 22.6 Å². The highest BCUT2D eigenvalue weighted by molar-refractivity contribution is 6.14. The lowest BCUT2D eigenvalue weighted by molar-refractivity contribution is -0.226. The number of Topliss-reactive ketones (excluding diaryl/α,β-unsaturated/α-hetero) is 1. The van der Waals surface area contributed by atoms with Crippen molar-refractivity contribution in [1.29, 1.82) is 0 Å². The fourth-order valence-corrected chi connectivity index (χ4v) is 13.6. The summed E-state index contributed by atoms with van der Waals surface area (Å²) in [6.45, 7) is 17.3. The lowest BCUT2D eigenvalue weighted by Crippen LogP contribution is -2.65. The molecule has 8 rings (SSSR count). The van der Waals surface area contributed by atoms with Crippen LogP contribution in [0.3, 0.4) is 0 Å². The van der Waals surface area contributed by atoms with Crippen LogP contribution < -0.4 is 5.32 Å². The van der Waals surface area contributed by atoms with Crippen molar-refractivity contribution in [2.24, 2.45) is 56.2 Å². The number of hydrogen-bond acceptors (Lipinski definition) is 4. The molecular weight excluding hydrogens is 494 g/mol. The third-order valence-corrected chi connectivity index (χ3v) is 15.8. The number of anilines is 1. The third-order valence-electron chi connectivity index (χ3n) is 15.8. The van der Waals surface area contributed by atoms with Gasteiger partial charge < -0.3 is 10.1 Å². The third kappa shape index (κ3) is 2.52. The standard InChI is InChI=1S/C36H49NO3/c1-30(2)16-18-35-19-17-33(6)22(26(35)28(30)40-29(35)39)12-13-25-32(5)20-36(27(38)21-10-8-9-11-23(21)37-36)31(3,4)24(32)14-15-34(25,33)7/h8-11,22,24-26,28,37H,12-20H2,1-7H3/t22?,24?,25?,26-,28+,32-,33+,34+,35-,36?/m0/s1. The number of esters is 1. The Kier molecular flexibility index (Phi) is 4.65. The molecule has 4 nitrogen and oxygen atoms in total. The Hall–Kier alpha value is -1.84. The van der Waals surface area contributed by atoms with Crippen molar-refractivity contribution in [2.45, 2.75) is 118 Å². The molecule has 1 aromatic carbocycles. The topological polar surface area (TPSA) is 55.4 Å². The van der Waals surface area contributed by atoms with E-state index in [-0.39, 0.29) is 44.6 Å². The molecule has 1 N–H and O–H groups in total. The number of fused-ring (bicyclic) bond motifs is 6. The van der Waals surface area contributed by atoms with E-state index in [4.69, 9.17) is 4.74 Å². The predicted molar refractivity (Wildman–Crippen MR) is 157 cm³/mol. The molecule has 1 aromatic rings. The van der Waals surface area contributed by atoms with Crippen molar-refractivity contribution in [3.8, 4) is 0 Å². The van der Waals surface area contributed by atoms with E-state index in [9.17, 15) is 9.59 Å². The van der Waals surface area contributed by atoms with E-state index in [1.807, 2.05) is 12.1 Å². The van der Waals surface area contributed by atoms with Crippen LogP contribution in [0.5, 0.6) is 0 Å². The van der Waals surface area contributed by atoms with Gasteiger partial charge in [0.15, 0.2) is 5.78 Å². The summed E-state index contributed by atoms with van der Waals surface area (Å²) < 4.78 is 6.34. The van der Waals surface area contributed by atoms with Crippen molar-refractivity contribution >= 4 is 17.4 Å². The molecule has 5 aliphatic carbocycles. The molecule has 0 radical (unpaired) electrons. The quantitative estimate of drug-likeness (QED) is 0.336. The van der Waals surface area contributed by atoms with Crippen LogP contribution in [-0.2, 0) is 9.53 Å². The number of nitrogens with one attached hydrogen (secondary N) is 1. The second kappa shape index (κ2) is 7.20. The summed E-state index contributed by atoms with van der Waals surface area (Å²) in [5.41, 5.74) is 1.57. The van der Waals surface area contributed by atoms with Gasteiger partial charge in [0.1, 0.15) is 11.6 Å². The van der Waals surface area contributed by atoms with E-state index >= 15 is 0 Å². The molecule has 6 fully saturated rings. The Bertz CT molecular complexity index is 1350. The zero-order valence-electron chi connectivity index (χ0n) is 25.8. The van der Waals surface area contributed by atoms with Crippen LogP contribution in [0.2, 0.25) is 0 Å². The minimum atomic E-state index is -0.525. The fraction of sp³-hybridized carbons (Fsp3) is 0.778. The monoisotopic (exact) mass is 543 g/mol. The normalized spacial score (nSPS) is 52.6. The summed E-state index contributed by atoms with van der Waals surface area (Å²) in [6.07, 6.45) is 10.1. The van der Waals surface area contributed by atoms with Gasteiger partial charge >= 0.3 is 5.97 Å². The van der Waals surface area contributed by atoms with E-state index in [0.717, 1.165) is 43.4 Å². The number of carbonyl (C=O) groups is 2. The fourth-order valence-electron chi connectivity index (χ4n) is 13.6. The lowest BCUT2D eigenvalue weighted by atomic mass is 9.33. The molecule has 10 atom stereocenters. The van der Waals surface area contributed by atoms with Gasteiger partial charge in [0.25, 0.3) is 0 Å². The summed E-state index contributed by atoms with van der Waals surface area (Å²) in [7, 11) is 0. The highest BCUT2D eigenvalue weighted by Crippen LogP contribution is 2.80. The van der Waals surface area contributed by atoms with Gasteiger partial charge in [-0.25, -0.2) is 0 Å². The van der Waals surface area contributed by atoms with Crippen LogP contribution >= 0.6 is 0 Å². The predicted octanol–water partition coefficient (Wildman–Crippen LogP) is 8.06. The van der Waals surface area contributed by atoms with Gasteiger partial charge in [-0.2, -0.15) is 0 Å². The molecule has 0 amide bonds. The maximum absolute atomic E-state index is 14.3. The number of para-hydroxylation sites is 1. The van der Waals surface area contributed by atoms with Crippen LogP contribution in [0, 0.1) is 56.2 Å². The first kappa shape index (κ1) is 25.8. The zero-order chi connectivity index (χ0) is 28.3. The Balaban J connectivity index is 1.20. The van der Waals surface area contributed by atoms with E-state index in [1.165, 1.54) is 25.7 Å². The van der Waals surface area contributed by atoms with Crippen LogP contribution in [0.4, 0.5) is 5.69 Å². The second-order valence-corrected chi connectivity index (χ2v) is 17.5. The molecule has 2 aliphatic heterocycles. The summed E-state index contributed by atoms with van der Waals surface area (Å²) >= 11 is 0. The van der Waals surface area contributed by atoms with Crippen molar-refractivity contribution in [3.63, 3.8) is 0 Å². The first-order valence-corrected chi connectivity index (χ1v) is 16.3. The summed E-state index contributed by atoms with van der Waals surface area (Å²) in [5.74, 6) is 2.44. The Labute approximate surface area is 240 Å². The smallest absolute Gasteiger partial charge is 0.312 e. The molecule has 7 aliphatic rings. The number of ketones is 1. The Morgan fingerprint density at radius 1 is 0.800 bits per heavy atom. The lowest BCUT2D eigenvalue weighted by Gasteiger charge is -2.70. The molecule has 4 heteroatoms. The largest absolute Gasteiger partial charge is 0.461 e. The molecule has 2 heterocycles. The average Bonchev–Trinajstić information content (AvgIpc) is 3.39. The molecule has 5 saturated carbocycles. The van der Waals surface area contributed by atoms with Crippen molar-refractivity contribution in [1.82, 2.24) is 0 Å². The maximum atomic E-state index is 14.3. The second-order valence-electron chi connectivity index (χ2n) is 17.5. The number of carbonyl (C=O) groups excluding carboxylic acids is 2. The molecule has 216 valence electrons. The maximum Gasteiger partial charge on any atom is 0.312 e. The van der Waals surface area contributed by atoms with Gasteiger partial charge in [-0.05, 0) is 109 Å². The van der Waals surface area contributed by atoms with Crippen molar-refractivity contribution < 1.29 is 14.3 Å². The first-order chi connectivity index (χ1) is 18.7. The SMILES string of the molecule is CC1(C)CC[C@]23CC[C@]4(C)C(CCC5[C@@]6(C)CC7(Nc8ccccc8C7=O)C(C)(C)C6CC[C@]54C)[C@H]2[C@H]1OC3=O. The van der Waals surface area contributed by atoms with E-state index in [1.54, 1.807) is 0 Å². The molecule has 4 unspecified atom stereocenters. The van der Waals surface area contributed by atoms with Gasteiger partial charge in [-0.1, -0.05) is 60.6 Å². The molecule has 1 spiro atoms. The summed E-state index contributed by atoms with van der Waals surface area (Å²) in [5, 5.41) is 3.87. The van der Waals surface area contributed by atoms with Gasteiger partial charge in [0.2, 0.25) is 0 Å². The number of benzene rings is 1. The summed E-state index contributed by atoms with van der Waals surface area (Å²) in [4.78, 5) is 27.8. The van der Waals surface area contributed by atoms with Crippen LogP contribution in [0.15, 0.2) is 24.3 Å². The molecule has 1 saturated heterocycles. The van der Waals surface area contributed by atoms with Gasteiger partial charge in [-0.15, -0.1) is 0 Å².